The van der Waals surface area contributed by atoms with E-state index in [2.05, 4.69) is 5.32 Å². The molecule has 0 atom stereocenters. The van der Waals surface area contributed by atoms with Crippen molar-refractivity contribution in [2.45, 2.75) is 24.3 Å². The van der Waals surface area contributed by atoms with E-state index >= 15 is 0 Å². The van der Waals surface area contributed by atoms with E-state index in [1.165, 1.54) is 23.5 Å². The third-order valence-electron chi connectivity index (χ3n) is 5.50. The molecule has 33 heavy (non-hydrogen) atoms. The van der Waals surface area contributed by atoms with E-state index in [0.717, 1.165) is 5.56 Å². The van der Waals surface area contributed by atoms with E-state index in [1.807, 2.05) is 18.2 Å². The molecule has 178 valence electrons. The summed E-state index contributed by atoms with van der Waals surface area (Å²) in [6, 6.07) is 13.5. The molecule has 1 aliphatic rings. The van der Waals surface area contributed by atoms with E-state index in [1.54, 1.807) is 25.3 Å². The lowest BCUT2D eigenvalue weighted by atomic mass is 9.98. The third-order valence-corrected chi connectivity index (χ3v) is 7.41. The van der Waals surface area contributed by atoms with Crippen LogP contribution in [0.25, 0.3) is 0 Å². The summed E-state index contributed by atoms with van der Waals surface area (Å²) in [5, 5.41) is 2.69. The minimum Gasteiger partial charge on any atom is -0.497 e. The van der Waals surface area contributed by atoms with Gasteiger partial charge in [-0.15, -0.1) is 0 Å². The SMILES string of the molecule is COc1ccc(S(=O)(=O)N2CCC(C(=O)OCC(=O)NCc3ccccc3OC)CC2)cc1. The van der Waals surface area contributed by atoms with E-state index < -0.39 is 34.4 Å². The first kappa shape index (κ1) is 24.5. The topological polar surface area (TPSA) is 111 Å². The van der Waals surface area contributed by atoms with Gasteiger partial charge in [0, 0.05) is 25.2 Å². The van der Waals surface area contributed by atoms with Crippen molar-refractivity contribution in [2.24, 2.45) is 5.92 Å². The molecule has 10 heteroatoms. The Labute approximate surface area is 193 Å². The average molecular weight is 477 g/mol. The number of hydrogen-bond acceptors (Lipinski definition) is 7. The van der Waals surface area contributed by atoms with Crippen LogP contribution in [0.3, 0.4) is 0 Å². The van der Waals surface area contributed by atoms with Crippen LogP contribution in [-0.2, 0) is 30.9 Å². The van der Waals surface area contributed by atoms with E-state index in [4.69, 9.17) is 14.2 Å². The lowest BCUT2D eigenvalue weighted by Crippen LogP contribution is -2.41. The molecular formula is C23H28N2O7S. The Morgan fingerprint density at radius 1 is 1.00 bits per heavy atom. The van der Waals surface area contributed by atoms with Crippen molar-refractivity contribution < 1.29 is 32.2 Å². The molecule has 1 fully saturated rings. The smallest absolute Gasteiger partial charge is 0.309 e. The third kappa shape index (κ3) is 6.23. The van der Waals surface area contributed by atoms with Crippen molar-refractivity contribution in [3.05, 3.63) is 54.1 Å². The Kier molecular flexibility index (Phi) is 8.29. The molecule has 0 bridgehead atoms. The Bertz CT molecular complexity index is 1060. The van der Waals surface area contributed by atoms with Gasteiger partial charge in [-0.2, -0.15) is 4.31 Å². The van der Waals surface area contributed by atoms with Crippen molar-refractivity contribution in [3.63, 3.8) is 0 Å². The van der Waals surface area contributed by atoms with Gasteiger partial charge < -0.3 is 19.5 Å². The summed E-state index contributed by atoms with van der Waals surface area (Å²) in [5.74, 6) is -0.138. The molecule has 0 radical (unpaired) electrons. The number of methoxy groups -OCH3 is 2. The summed E-state index contributed by atoms with van der Waals surface area (Å²) in [7, 11) is -0.587. The fourth-order valence-electron chi connectivity index (χ4n) is 3.58. The van der Waals surface area contributed by atoms with Crippen LogP contribution >= 0.6 is 0 Å². The van der Waals surface area contributed by atoms with Crippen LogP contribution in [-0.4, -0.2) is 58.5 Å². The maximum atomic E-state index is 12.8. The zero-order valence-electron chi connectivity index (χ0n) is 18.7. The number of esters is 1. The summed E-state index contributed by atoms with van der Waals surface area (Å²) in [5.41, 5.74) is 0.810. The number of hydrogen-bond donors (Lipinski definition) is 1. The molecule has 1 heterocycles. The molecule has 1 saturated heterocycles. The number of carbonyl (C=O) groups excluding carboxylic acids is 2. The van der Waals surface area contributed by atoms with Gasteiger partial charge in [0.25, 0.3) is 5.91 Å². The van der Waals surface area contributed by atoms with Crippen LogP contribution in [0, 0.1) is 5.92 Å². The number of nitrogens with zero attached hydrogens (tertiary/aromatic N) is 1. The first-order chi connectivity index (χ1) is 15.8. The van der Waals surface area contributed by atoms with Crippen molar-refractivity contribution in [2.75, 3.05) is 33.9 Å². The van der Waals surface area contributed by atoms with Gasteiger partial charge in [-0.3, -0.25) is 9.59 Å². The molecule has 1 aliphatic heterocycles. The normalized spacial score (nSPS) is 15.0. The van der Waals surface area contributed by atoms with Crippen molar-refractivity contribution in [1.29, 1.82) is 0 Å². The maximum Gasteiger partial charge on any atom is 0.309 e. The second-order valence-corrected chi connectivity index (χ2v) is 9.49. The minimum atomic E-state index is -3.65. The van der Waals surface area contributed by atoms with Crippen molar-refractivity contribution in [3.8, 4) is 11.5 Å². The standard InChI is InChI=1S/C23H28N2O7S/c1-30-19-7-9-20(10-8-19)33(28,29)25-13-11-17(12-14-25)23(27)32-16-22(26)24-15-18-5-3-4-6-21(18)31-2/h3-10,17H,11-16H2,1-2H3,(H,24,26). The first-order valence-corrected chi connectivity index (χ1v) is 12.0. The Morgan fingerprint density at radius 2 is 1.67 bits per heavy atom. The Morgan fingerprint density at radius 3 is 2.30 bits per heavy atom. The number of para-hydroxylation sites is 1. The molecule has 0 aliphatic carbocycles. The largest absolute Gasteiger partial charge is 0.497 e. The summed E-state index contributed by atoms with van der Waals surface area (Å²) in [4.78, 5) is 24.6. The molecule has 0 spiro atoms. The monoisotopic (exact) mass is 476 g/mol. The van der Waals surface area contributed by atoms with Gasteiger partial charge in [-0.25, -0.2) is 8.42 Å². The number of rotatable bonds is 9. The number of piperidine rings is 1. The number of ether oxygens (including phenoxy) is 3. The summed E-state index contributed by atoms with van der Waals surface area (Å²) in [6.07, 6.45) is 0.661. The van der Waals surface area contributed by atoms with Crippen LogP contribution in [0.15, 0.2) is 53.4 Å². The van der Waals surface area contributed by atoms with Crippen LogP contribution in [0.4, 0.5) is 0 Å². The highest BCUT2D eigenvalue weighted by molar-refractivity contribution is 7.89. The van der Waals surface area contributed by atoms with Crippen molar-refractivity contribution >= 4 is 21.9 Å². The number of carbonyl (C=O) groups is 2. The first-order valence-electron chi connectivity index (χ1n) is 10.5. The van der Waals surface area contributed by atoms with Gasteiger partial charge in [0.2, 0.25) is 10.0 Å². The van der Waals surface area contributed by atoms with E-state index in [-0.39, 0.29) is 24.5 Å². The summed E-state index contributed by atoms with van der Waals surface area (Å²) < 4.78 is 42.5. The zero-order chi connectivity index (χ0) is 23.8. The van der Waals surface area contributed by atoms with Gasteiger partial charge >= 0.3 is 5.97 Å². The second kappa shape index (κ2) is 11.2. The quantitative estimate of drug-likeness (QED) is 0.551. The Balaban J connectivity index is 1.44. The van der Waals surface area contributed by atoms with Crippen LogP contribution in [0.5, 0.6) is 11.5 Å². The van der Waals surface area contributed by atoms with E-state index in [0.29, 0.717) is 24.3 Å². The highest BCUT2D eigenvalue weighted by Gasteiger charge is 2.33. The zero-order valence-corrected chi connectivity index (χ0v) is 19.5. The predicted molar refractivity (Wildman–Crippen MR) is 120 cm³/mol. The highest BCUT2D eigenvalue weighted by atomic mass is 32.2. The minimum absolute atomic E-state index is 0.177. The summed E-state index contributed by atoms with van der Waals surface area (Å²) >= 11 is 0. The predicted octanol–water partition coefficient (Wildman–Crippen LogP) is 1.96. The lowest BCUT2D eigenvalue weighted by Gasteiger charge is -2.30. The number of sulfonamides is 1. The van der Waals surface area contributed by atoms with Crippen molar-refractivity contribution in [1.82, 2.24) is 9.62 Å². The fraction of sp³-hybridized carbons (Fsp3) is 0.391. The molecule has 9 nitrogen and oxygen atoms in total. The molecule has 1 N–H and O–H groups in total. The highest BCUT2D eigenvalue weighted by Crippen LogP contribution is 2.25. The van der Waals surface area contributed by atoms with Gasteiger partial charge in [-0.05, 0) is 43.2 Å². The molecule has 2 aromatic rings. The number of nitrogens with one attached hydrogen (secondary N) is 1. The molecular weight excluding hydrogens is 448 g/mol. The molecule has 1 amide bonds. The van der Waals surface area contributed by atoms with Gasteiger partial charge in [0.1, 0.15) is 11.5 Å². The molecule has 0 saturated carbocycles. The van der Waals surface area contributed by atoms with Crippen LogP contribution in [0.2, 0.25) is 0 Å². The molecule has 0 aromatic heterocycles. The lowest BCUT2D eigenvalue weighted by molar-refractivity contribution is -0.153. The van der Waals surface area contributed by atoms with E-state index in [9.17, 15) is 18.0 Å². The average Bonchev–Trinajstić information content (AvgIpc) is 2.86. The summed E-state index contributed by atoms with van der Waals surface area (Å²) in [6.45, 7) is 0.266. The van der Waals surface area contributed by atoms with Crippen LogP contribution < -0.4 is 14.8 Å². The van der Waals surface area contributed by atoms with Gasteiger partial charge in [0.05, 0.1) is 25.0 Å². The molecule has 2 aromatic carbocycles. The number of amides is 1. The number of benzene rings is 2. The van der Waals surface area contributed by atoms with Crippen LogP contribution in [0.1, 0.15) is 18.4 Å². The maximum absolute atomic E-state index is 12.8. The fourth-order valence-corrected chi connectivity index (χ4v) is 5.05. The second-order valence-electron chi connectivity index (χ2n) is 7.55. The molecule has 3 rings (SSSR count). The molecule has 0 unspecified atom stereocenters. The Hall–Kier alpha value is -3.11. The van der Waals surface area contributed by atoms with Gasteiger partial charge in [-0.1, -0.05) is 18.2 Å². The van der Waals surface area contributed by atoms with Gasteiger partial charge in [0.15, 0.2) is 6.61 Å².